The number of hydrogen-bond donors (Lipinski definition) is 0. The van der Waals surface area contributed by atoms with E-state index in [9.17, 15) is 13.2 Å². The number of carbonyl (C=O) groups is 1. The highest BCUT2D eigenvalue weighted by Gasteiger charge is 2.29. The predicted molar refractivity (Wildman–Crippen MR) is 154 cm³/mol. The minimum absolute atomic E-state index is 0.196. The van der Waals surface area contributed by atoms with Crippen LogP contribution in [-0.2, 0) is 14.8 Å². The molecular formula is C30H29N5O3S. The van der Waals surface area contributed by atoms with Gasteiger partial charge < -0.3 is 0 Å². The van der Waals surface area contributed by atoms with Gasteiger partial charge in [0.15, 0.2) is 0 Å². The topological polar surface area (TPSA) is 87.9 Å². The largest absolute Gasteiger partial charge is 0.280 e. The lowest BCUT2D eigenvalue weighted by Gasteiger charge is -2.18. The van der Waals surface area contributed by atoms with Gasteiger partial charge in [0, 0.05) is 30.4 Å². The van der Waals surface area contributed by atoms with Crippen molar-refractivity contribution in [1.29, 1.82) is 0 Å². The van der Waals surface area contributed by atoms with Gasteiger partial charge in [-0.15, -0.1) is 0 Å². The molecule has 0 atom stereocenters. The van der Waals surface area contributed by atoms with E-state index in [2.05, 4.69) is 5.10 Å². The number of para-hydroxylation sites is 2. The predicted octanol–water partition coefficient (Wildman–Crippen LogP) is 5.38. The summed E-state index contributed by atoms with van der Waals surface area (Å²) in [5.41, 5.74) is 4.40. The first-order valence-corrected chi connectivity index (χ1v) is 14.2. The molecule has 0 unspecified atom stereocenters. The first kappa shape index (κ1) is 26.3. The molecule has 0 radical (unpaired) electrons. The van der Waals surface area contributed by atoms with Crippen molar-refractivity contribution < 1.29 is 13.2 Å². The highest BCUT2D eigenvalue weighted by molar-refractivity contribution is 7.89. The fourth-order valence-corrected chi connectivity index (χ4v) is 6.04. The van der Waals surface area contributed by atoms with Crippen LogP contribution in [0.1, 0.15) is 26.3 Å². The van der Waals surface area contributed by atoms with Gasteiger partial charge >= 0.3 is 0 Å². The van der Waals surface area contributed by atoms with E-state index in [1.807, 2.05) is 86.8 Å². The fourth-order valence-electron chi connectivity index (χ4n) is 4.53. The van der Waals surface area contributed by atoms with E-state index < -0.39 is 10.0 Å². The summed E-state index contributed by atoms with van der Waals surface area (Å²) < 4.78 is 29.6. The van der Waals surface area contributed by atoms with E-state index in [1.165, 1.54) is 9.31 Å². The van der Waals surface area contributed by atoms with Gasteiger partial charge in [0.25, 0.3) is 5.91 Å². The number of anilines is 1. The fraction of sp³-hybridized carbons (Fsp3) is 0.167. The first-order chi connectivity index (χ1) is 18.8. The van der Waals surface area contributed by atoms with Crippen LogP contribution in [0.5, 0.6) is 0 Å². The summed E-state index contributed by atoms with van der Waals surface area (Å²) >= 11 is 0. The third kappa shape index (κ3) is 5.06. The lowest BCUT2D eigenvalue weighted by molar-refractivity contribution is -0.114. The molecule has 5 rings (SSSR count). The van der Waals surface area contributed by atoms with E-state index in [-0.39, 0.29) is 10.8 Å². The molecule has 4 aromatic rings. The maximum absolute atomic E-state index is 13.4. The average molecular weight is 540 g/mol. The Kier molecular flexibility index (Phi) is 7.28. The zero-order chi connectivity index (χ0) is 27.6. The SMILES string of the molecule is CCN(CC)S(=O)(=O)c1cccc(-c2nn(-c3ccccc3)cc2C=C2C(=O)N(c3ccccc3)N=C2C)c1. The maximum Gasteiger partial charge on any atom is 0.280 e. The van der Waals surface area contributed by atoms with Gasteiger partial charge in [-0.2, -0.15) is 19.5 Å². The van der Waals surface area contributed by atoms with Crippen LogP contribution in [0.4, 0.5) is 5.69 Å². The third-order valence-corrected chi connectivity index (χ3v) is 8.62. The molecule has 8 nitrogen and oxygen atoms in total. The Morgan fingerprint density at radius 1 is 0.872 bits per heavy atom. The maximum atomic E-state index is 13.4. The Morgan fingerprint density at radius 3 is 2.15 bits per heavy atom. The van der Waals surface area contributed by atoms with Crippen molar-refractivity contribution >= 4 is 33.4 Å². The Hall–Kier alpha value is -4.34. The van der Waals surface area contributed by atoms with Gasteiger partial charge in [0.1, 0.15) is 5.69 Å². The molecule has 3 aromatic carbocycles. The van der Waals surface area contributed by atoms with Crippen LogP contribution in [0.25, 0.3) is 23.0 Å². The highest BCUT2D eigenvalue weighted by Crippen LogP contribution is 2.31. The quantitative estimate of drug-likeness (QED) is 0.282. The molecule has 0 saturated carbocycles. The molecule has 0 aliphatic carbocycles. The molecular weight excluding hydrogens is 510 g/mol. The van der Waals surface area contributed by atoms with E-state index in [0.29, 0.717) is 46.9 Å². The standard InChI is InChI=1S/C30H29N5O3S/c1-4-33(5-2)39(37,38)27-18-12-13-23(19-27)29-24(21-34(32-29)25-14-8-6-9-15-25)20-28-22(3)31-35(30(28)36)26-16-10-7-11-17-26/h6-21H,4-5H2,1-3H3. The normalized spacial score (nSPS) is 14.9. The minimum atomic E-state index is -3.66. The highest BCUT2D eigenvalue weighted by atomic mass is 32.2. The summed E-state index contributed by atoms with van der Waals surface area (Å²) in [7, 11) is -3.66. The van der Waals surface area contributed by atoms with Gasteiger partial charge in [-0.05, 0) is 49.4 Å². The molecule has 1 amide bonds. The molecule has 1 aliphatic heterocycles. The second kappa shape index (κ2) is 10.8. The third-order valence-electron chi connectivity index (χ3n) is 6.58. The molecule has 39 heavy (non-hydrogen) atoms. The Morgan fingerprint density at radius 2 is 1.51 bits per heavy atom. The summed E-state index contributed by atoms with van der Waals surface area (Å²) in [6.07, 6.45) is 3.62. The molecule has 0 saturated heterocycles. The molecule has 2 heterocycles. The van der Waals surface area contributed by atoms with Crippen molar-refractivity contribution in [2.24, 2.45) is 5.10 Å². The number of hydrogen-bond acceptors (Lipinski definition) is 5. The van der Waals surface area contributed by atoms with Gasteiger partial charge in [-0.25, -0.2) is 13.1 Å². The number of benzene rings is 3. The van der Waals surface area contributed by atoms with Crippen molar-refractivity contribution in [1.82, 2.24) is 14.1 Å². The van der Waals surface area contributed by atoms with Gasteiger partial charge in [0.2, 0.25) is 10.0 Å². The average Bonchev–Trinajstić information content (AvgIpc) is 3.51. The minimum Gasteiger partial charge on any atom is -0.267 e. The van der Waals surface area contributed by atoms with E-state index in [1.54, 1.807) is 35.9 Å². The molecule has 198 valence electrons. The smallest absolute Gasteiger partial charge is 0.267 e. The lowest BCUT2D eigenvalue weighted by Crippen LogP contribution is -2.30. The number of sulfonamides is 1. The van der Waals surface area contributed by atoms with Crippen LogP contribution in [0.3, 0.4) is 0 Å². The second-order valence-electron chi connectivity index (χ2n) is 9.03. The van der Waals surface area contributed by atoms with Crippen molar-refractivity contribution in [3.05, 3.63) is 102 Å². The summed E-state index contributed by atoms with van der Waals surface area (Å²) in [6, 6.07) is 25.7. The van der Waals surface area contributed by atoms with E-state index >= 15 is 0 Å². The number of hydrazone groups is 1. The monoisotopic (exact) mass is 539 g/mol. The zero-order valence-electron chi connectivity index (χ0n) is 22.0. The van der Waals surface area contributed by atoms with Crippen LogP contribution in [0, 0.1) is 0 Å². The summed E-state index contributed by atoms with van der Waals surface area (Å²) in [6.45, 7) is 6.19. The molecule has 1 aromatic heterocycles. The Labute approximate surface area is 228 Å². The van der Waals surface area contributed by atoms with Crippen LogP contribution < -0.4 is 5.01 Å². The molecule has 0 bridgehead atoms. The van der Waals surface area contributed by atoms with Crippen LogP contribution >= 0.6 is 0 Å². The second-order valence-corrected chi connectivity index (χ2v) is 11.0. The van der Waals surface area contributed by atoms with Crippen LogP contribution in [0.2, 0.25) is 0 Å². The summed E-state index contributed by atoms with van der Waals surface area (Å²) in [5.74, 6) is -0.241. The molecule has 0 N–H and O–H groups in total. The number of amides is 1. The number of carbonyl (C=O) groups excluding carboxylic acids is 1. The van der Waals surface area contributed by atoms with Crippen LogP contribution in [-0.4, -0.2) is 47.2 Å². The van der Waals surface area contributed by atoms with Gasteiger partial charge in [0.05, 0.1) is 27.6 Å². The Bertz CT molecular complexity index is 1670. The van der Waals surface area contributed by atoms with Gasteiger partial charge in [-0.3, -0.25) is 4.79 Å². The van der Waals surface area contributed by atoms with Crippen molar-refractivity contribution in [3.8, 4) is 16.9 Å². The summed E-state index contributed by atoms with van der Waals surface area (Å²) in [5, 5.41) is 10.7. The molecule has 9 heteroatoms. The summed E-state index contributed by atoms with van der Waals surface area (Å²) in [4.78, 5) is 13.6. The zero-order valence-corrected chi connectivity index (χ0v) is 22.8. The number of rotatable bonds is 8. The number of nitrogens with zero attached hydrogens (tertiary/aromatic N) is 5. The molecule has 0 fully saturated rings. The molecule has 1 aliphatic rings. The van der Waals surface area contributed by atoms with E-state index in [4.69, 9.17) is 5.10 Å². The first-order valence-electron chi connectivity index (χ1n) is 12.8. The van der Waals surface area contributed by atoms with Gasteiger partial charge in [-0.1, -0.05) is 62.4 Å². The number of aromatic nitrogens is 2. The Balaban J connectivity index is 1.62. The van der Waals surface area contributed by atoms with E-state index in [0.717, 1.165) is 5.69 Å². The van der Waals surface area contributed by atoms with Crippen molar-refractivity contribution in [2.45, 2.75) is 25.7 Å². The molecule has 0 spiro atoms. The lowest BCUT2D eigenvalue weighted by atomic mass is 10.0. The van der Waals surface area contributed by atoms with Crippen molar-refractivity contribution in [2.75, 3.05) is 18.1 Å². The van der Waals surface area contributed by atoms with Crippen LogP contribution in [0.15, 0.2) is 107 Å². The van der Waals surface area contributed by atoms with Crippen molar-refractivity contribution in [3.63, 3.8) is 0 Å².